The van der Waals surface area contributed by atoms with Crippen molar-refractivity contribution in [2.75, 3.05) is 37.9 Å². The molecule has 5 aromatic rings. The lowest BCUT2D eigenvalue weighted by atomic mass is 9.80. The van der Waals surface area contributed by atoms with Gasteiger partial charge in [-0.2, -0.15) is 11.8 Å². The number of carbonyl (C=O) groups is 18. The molecule has 14 atom stereocenters. The van der Waals surface area contributed by atoms with Gasteiger partial charge in [0.2, 0.25) is 100 Å². The molecule has 4 aliphatic rings. The highest BCUT2D eigenvalue weighted by atomic mass is 32.2. The molecule has 2 aliphatic carbocycles. The van der Waals surface area contributed by atoms with Crippen LogP contribution in [0.4, 0.5) is 0 Å². The number of carbonyl (C=O) groups excluding carboxylic acids is 17. The number of nitrogens with two attached hydrogens (primary N) is 5. The van der Waals surface area contributed by atoms with E-state index in [4.69, 9.17) is 38.1 Å². The Morgan fingerprint density at radius 3 is 1.75 bits per heavy atom. The molecular formula is C93H129N19O22S. The van der Waals surface area contributed by atoms with Gasteiger partial charge in [-0.1, -0.05) is 137 Å². The molecule has 3 heterocycles. The van der Waals surface area contributed by atoms with E-state index in [1.807, 2.05) is 6.07 Å². The predicted octanol–water partition coefficient (Wildman–Crippen LogP) is -0.815. The molecule has 9 rings (SSSR count). The highest BCUT2D eigenvalue weighted by molar-refractivity contribution is 7.99. The van der Waals surface area contributed by atoms with Gasteiger partial charge >= 0.3 is 5.97 Å². The number of rotatable bonds is 40. The number of primary amides is 5. The lowest BCUT2D eigenvalue weighted by molar-refractivity contribution is -0.142. The van der Waals surface area contributed by atoms with Crippen molar-refractivity contribution in [1.82, 2.24) is 74.1 Å². The number of fused-ring (bicyclic) bond motifs is 2. The first-order valence-electron chi connectivity index (χ1n) is 46.1. The number of amides is 17. The molecule has 26 N–H and O–H groups in total. The van der Waals surface area contributed by atoms with Crippen molar-refractivity contribution in [2.24, 2.45) is 40.5 Å². The number of carboxylic acid groups (broad SMARTS) is 1. The monoisotopic (exact) mass is 1900 g/mol. The largest absolute Gasteiger partial charge is 0.492 e. The van der Waals surface area contributed by atoms with Crippen molar-refractivity contribution in [2.45, 2.75) is 271 Å². The molecule has 0 spiro atoms. The molecule has 42 heteroatoms. The summed E-state index contributed by atoms with van der Waals surface area (Å²) in [6.45, 7) is 2.62. The van der Waals surface area contributed by atoms with Gasteiger partial charge in [-0.15, -0.1) is 0 Å². The number of nitrogens with one attached hydrogen (secondary N) is 14. The molecule has 2 saturated heterocycles. The van der Waals surface area contributed by atoms with Crippen molar-refractivity contribution in [3.8, 4) is 5.75 Å². The van der Waals surface area contributed by atoms with Gasteiger partial charge in [0.15, 0.2) is 0 Å². The molecule has 734 valence electrons. The zero-order valence-electron chi connectivity index (χ0n) is 76.1. The number of aromatic amines is 1. The van der Waals surface area contributed by atoms with E-state index in [-0.39, 0.29) is 57.7 Å². The van der Waals surface area contributed by atoms with Gasteiger partial charge in [0.1, 0.15) is 84.4 Å². The number of ether oxygens (including phenoxy) is 2. The summed E-state index contributed by atoms with van der Waals surface area (Å²) in [7, 11) is 0. The van der Waals surface area contributed by atoms with E-state index in [1.54, 1.807) is 91.1 Å². The number of H-pyrrole nitrogens is 1. The van der Waals surface area contributed by atoms with Crippen molar-refractivity contribution in [3.63, 3.8) is 0 Å². The highest BCUT2D eigenvalue weighted by Crippen LogP contribution is 2.37. The molecule has 2 saturated carbocycles. The standard InChI is InChI=1S/C93H129N19O22S/c1-52(113)80-91(131)108-72(47-60-50-100-64-21-13-12-20-63(60)64)87(127)103-65(30-33-75(94)115)82(122)109-74(51-135-43-36-68(101-53(2)114)84(124)102-66(85(125)111-80)31-34-76(95)116)89(129)105-70(45-54-23-28-62(29-24-54)134-42-39-99-61-19-9-5-8-16-57(26-27-61)56-14-6-3-4-7-15-56)86(126)106-71(46-55-22-25-58-17-10-11-18-59(58)44-55)90(130)112-93(37-40-133-41-38-93)92(132)110-67(32-35-79(119)120)83(123)107-73(49-78(97)118)88(128)104-69(81(98)121)48-77(96)117/h10-13,17-18,20-25,28-29,44,50,52,56-57,61,65-74,80,99-100,113H,3-9,14-16,19,26-27,30-43,45-49,51H2,1-2H3,(H2,94,115)(H2,95,116)(H2,96,117)(H2,97,118)(H2,98,121)(H,101,114)(H,102,124)(H,103,127)(H,104,128)(H,105,129)(H,106,126)(H,107,123)(H,108,131)(H,109,122)(H,110,132)(H,111,125)(H,112,130)(H,119,120). The van der Waals surface area contributed by atoms with Crippen LogP contribution in [0.2, 0.25) is 0 Å². The number of benzene rings is 4. The summed E-state index contributed by atoms with van der Waals surface area (Å²) in [5.41, 5.74) is 27.2. The van der Waals surface area contributed by atoms with Crippen LogP contribution in [0.15, 0.2) is 97.2 Å². The molecule has 4 aromatic carbocycles. The van der Waals surface area contributed by atoms with Crippen LogP contribution in [0, 0.1) is 11.8 Å². The van der Waals surface area contributed by atoms with Crippen LogP contribution in [-0.4, -0.2) is 244 Å². The van der Waals surface area contributed by atoms with Gasteiger partial charge in [0.05, 0.1) is 18.9 Å². The van der Waals surface area contributed by atoms with E-state index < -0.39 is 248 Å². The lowest BCUT2D eigenvalue weighted by Gasteiger charge is -2.38. The van der Waals surface area contributed by atoms with Crippen LogP contribution in [-0.2, 0) is 110 Å². The second-order valence-electron chi connectivity index (χ2n) is 35.3. The Morgan fingerprint density at radius 2 is 1.10 bits per heavy atom. The number of aliphatic hydroxyl groups excluding tert-OH is 1. The third kappa shape index (κ3) is 33.9. The van der Waals surface area contributed by atoms with Crippen LogP contribution in [0.1, 0.15) is 185 Å². The highest BCUT2D eigenvalue weighted by Gasteiger charge is 2.46. The van der Waals surface area contributed by atoms with Crippen LogP contribution < -0.4 is 103 Å². The Bertz CT molecular complexity index is 5000. The normalized spacial score (nSPS) is 21.7. The summed E-state index contributed by atoms with van der Waals surface area (Å²) in [5.74, 6) is -18.6. The summed E-state index contributed by atoms with van der Waals surface area (Å²) in [6, 6.07) is 6.80. The fourth-order valence-corrected chi connectivity index (χ4v) is 18.5. The van der Waals surface area contributed by atoms with E-state index in [1.165, 1.54) is 64.2 Å². The number of thioether (sulfide) groups is 1. The van der Waals surface area contributed by atoms with E-state index in [0.29, 0.717) is 57.2 Å². The molecule has 14 unspecified atom stereocenters. The summed E-state index contributed by atoms with van der Waals surface area (Å²) in [6.07, 6.45) is 8.23. The Hall–Kier alpha value is -12.8. The minimum atomic E-state index is -2.09. The Labute approximate surface area is 785 Å². The topological polar surface area (TPSA) is 668 Å². The molecule has 4 fully saturated rings. The zero-order valence-corrected chi connectivity index (χ0v) is 76.9. The van der Waals surface area contributed by atoms with Gasteiger partial charge in [-0.05, 0) is 115 Å². The minimum Gasteiger partial charge on any atom is -0.492 e. The minimum absolute atomic E-state index is 0.155. The first kappa shape index (κ1) is 106. The Morgan fingerprint density at radius 1 is 0.548 bits per heavy atom. The second kappa shape index (κ2) is 52.7. The summed E-state index contributed by atoms with van der Waals surface area (Å²) < 4.78 is 12.0. The molecule has 2 aliphatic heterocycles. The van der Waals surface area contributed by atoms with Gasteiger partial charge < -0.3 is 122 Å². The number of aromatic nitrogens is 1. The molecule has 0 bridgehead atoms. The smallest absolute Gasteiger partial charge is 0.303 e. The summed E-state index contributed by atoms with van der Waals surface area (Å²) >= 11 is 0.927. The first-order valence-corrected chi connectivity index (χ1v) is 47.2. The molecule has 1 aromatic heterocycles. The third-order valence-electron chi connectivity index (χ3n) is 24.9. The Balaban J connectivity index is 1.08. The third-order valence-corrected chi connectivity index (χ3v) is 26.0. The van der Waals surface area contributed by atoms with Gasteiger partial charge in [0.25, 0.3) is 0 Å². The SMILES string of the molecule is CC(=O)NC1CCSCC(C(=O)NC(Cc2ccc(OCCNC3CCCCCC(C4CCCCCC4)CC3)cc2)C(=O)NC(Cc2ccc3ccccc3c2)C(=O)NC2(C(=O)NC(CCC(=O)O)C(=O)NC(CC(N)=O)C(=O)NC(CC(N)=O)C(N)=O)CCOCC2)NC(=O)C(CCC(N)=O)NC(=O)C(Cc2c[nH]c3ccccc23)NC(=O)C(C(C)O)NC(=O)C(CCC(N)=O)NC1=O. The van der Waals surface area contributed by atoms with E-state index in [0.717, 1.165) is 56.2 Å². The van der Waals surface area contributed by atoms with Crippen LogP contribution >= 0.6 is 11.8 Å². The number of aliphatic hydroxyl groups is 1. The quantitative estimate of drug-likeness (QED) is 0.0168. The van der Waals surface area contributed by atoms with Crippen LogP contribution in [0.5, 0.6) is 5.75 Å². The number of hydrogen-bond acceptors (Lipinski definition) is 23. The molecular weight excluding hydrogens is 1770 g/mol. The van der Waals surface area contributed by atoms with Crippen LogP contribution in [0.25, 0.3) is 21.7 Å². The number of carboxylic acids is 1. The summed E-state index contributed by atoms with van der Waals surface area (Å²) in [4.78, 5) is 255. The van der Waals surface area contributed by atoms with E-state index in [9.17, 15) is 67.7 Å². The number of hydrogen-bond donors (Lipinski definition) is 21. The average Bonchev–Trinajstić information content (AvgIpc) is 1.10. The molecule has 17 amide bonds. The lowest BCUT2D eigenvalue weighted by Crippen LogP contribution is -2.67. The van der Waals surface area contributed by atoms with Gasteiger partial charge in [-0.3, -0.25) is 86.3 Å². The molecule has 0 radical (unpaired) electrons. The predicted molar refractivity (Wildman–Crippen MR) is 496 cm³/mol. The number of aliphatic carboxylic acids is 1. The van der Waals surface area contributed by atoms with Crippen molar-refractivity contribution in [3.05, 3.63) is 114 Å². The average molecular weight is 1900 g/mol. The van der Waals surface area contributed by atoms with Crippen LogP contribution in [0.3, 0.4) is 0 Å². The fraction of sp³-hybridized carbons (Fsp3) is 0.548. The molecule has 135 heavy (non-hydrogen) atoms. The maximum atomic E-state index is 16.1. The van der Waals surface area contributed by atoms with Gasteiger partial charge in [0, 0.05) is 107 Å². The van der Waals surface area contributed by atoms with Crippen molar-refractivity contribution in [1.29, 1.82) is 0 Å². The maximum Gasteiger partial charge on any atom is 0.303 e. The Kier molecular flexibility index (Phi) is 41.3. The van der Waals surface area contributed by atoms with E-state index >= 15 is 28.8 Å². The van der Waals surface area contributed by atoms with E-state index in [2.05, 4.69) is 74.1 Å². The maximum absolute atomic E-state index is 16.1. The number of para-hydroxylation sites is 1. The van der Waals surface area contributed by atoms with Crippen molar-refractivity contribution >= 4 is 140 Å². The zero-order chi connectivity index (χ0) is 97.8. The summed E-state index contributed by atoms with van der Waals surface area (Å²) in [5, 5.41) is 57.5. The second-order valence-corrected chi connectivity index (χ2v) is 36.4. The fourth-order valence-electron chi connectivity index (χ4n) is 17.4. The van der Waals surface area contributed by atoms with Crippen molar-refractivity contribution < 1.29 is 106 Å². The van der Waals surface area contributed by atoms with Gasteiger partial charge in [-0.25, -0.2) is 0 Å². The first-order chi connectivity index (χ1) is 64.5. The molecule has 41 nitrogen and oxygen atoms in total.